The molecular weight excluding hydrogens is 567 g/mol. The monoisotopic (exact) mass is 579 g/mol. The number of alkyl halides is 3. The summed E-state index contributed by atoms with van der Waals surface area (Å²) in [7, 11) is 0. The highest BCUT2D eigenvalue weighted by Crippen LogP contribution is 2.48. The second-order valence-corrected chi connectivity index (χ2v) is 15.7. The number of rotatable bonds is 3. The van der Waals surface area contributed by atoms with Gasteiger partial charge in [-0.25, -0.2) is 4.52 Å². The lowest BCUT2D eigenvalue weighted by atomic mass is 10.1. The molecule has 1 fully saturated rings. The van der Waals surface area contributed by atoms with Gasteiger partial charge >= 0.3 is 0 Å². The summed E-state index contributed by atoms with van der Waals surface area (Å²) in [5.41, 5.74) is 10.5. The van der Waals surface area contributed by atoms with E-state index in [0.717, 1.165) is 11.6 Å². The molecule has 6 heteroatoms. The minimum absolute atomic E-state index is 0.00825. The fourth-order valence-electron chi connectivity index (χ4n) is 2.13. The first-order valence-corrected chi connectivity index (χ1v) is 9.02. The molecule has 1 saturated carbocycles. The van der Waals surface area contributed by atoms with Crippen LogP contribution in [0.4, 0.5) is 0 Å². The normalized spacial score (nSPS) is 16.4. The number of hydrogen-bond acceptors (Lipinski definition) is 2. The zero-order valence-corrected chi connectivity index (χ0v) is 16.0. The first kappa shape index (κ1) is 13.8. The number of aromatic nitrogens is 2. The van der Waals surface area contributed by atoms with Gasteiger partial charge in [0.05, 0.1) is 16.9 Å². The van der Waals surface area contributed by atoms with Crippen LogP contribution in [0.3, 0.4) is 0 Å². The smallest absolute Gasteiger partial charge is 0.165 e. The predicted octanol–water partition coefficient (Wildman–Crippen LogP) is 4.09. The molecule has 18 heavy (non-hydrogen) atoms. The van der Waals surface area contributed by atoms with Crippen LogP contribution in [-0.4, -0.2) is 9.61 Å². The Bertz CT molecular complexity index is 596. The molecule has 0 bridgehead atoms. The van der Waals surface area contributed by atoms with Gasteiger partial charge in [-0.15, -0.1) is 0 Å². The molecule has 3 rings (SSSR count). The first-order chi connectivity index (χ1) is 8.49. The lowest BCUT2D eigenvalue weighted by molar-refractivity contribution is 0.849. The van der Waals surface area contributed by atoms with E-state index >= 15 is 0 Å². The van der Waals surface area contributed by atoms with Gasteiger partial charge in [0.25, 0.3) is 0 Å². The van der Waals surface area contributed by atoms with E-state index < -0.39 is 0 Å². The van der Waals surface area contributed by atoms with Gasteiger partial charge in [-0.05, 0) is 110 Å². The van der Waals surface area contributed by atoms with Crippen LogP contribution in [0.5, 0.6) is 0 Å². The number of nitrogens with zero attached hydrogens (tertiary/aromatic N) is 2. The second kappa shape index (κ2) is 4.99. The Morgan fingerprint density at radius 2 is 2.00 bits per heavy atom. The molecule has 0 radical (unpaired) electrons. The number of nitrogens with two attached hydrogens (primary N) is 1. The van der Waals surface area contributed by atoms with Crippen molar-refractivity contribution in [3.8, 4) is 0 Å². The molecule has 0 amide bonds. The molecule has 0 unspecified atom stereocenters. The molecule has 2 heterocycles. The van der Waals surface area contributed by atoms with Gasteiger partial charge in [0.1, 0.15) is 0 Å². The molecule has 0 atom stereocenters. The van der Waals surface area contributed by atoms with Gasteiger partial charge in [-0.1, -0.05) is 0 Å². The largest absolute Gasteiger partial charge is 0.325 e. The fourth-order valence-corrected chi connectivity index (χ4v) is 3.28. The fraction of sp³-hybridized carbons (Fsp3) is 0.417. The van der Waals surface area contributed by atoms with Crippen LogP contribution >= 0.6 is 67.8 Å². The summed E-state index contributed by atoms with van der Waals surface area (Å²) >= 11 is 7.36. The van der Waals surface area contributed by atoms with E-state index in [1.165, 1.54) is 29.6 Å². The van der Waals surface area contributed by atoms with Crippen molar-refractivity contribution >= 4 is 73.3 Å². The van der Waals surface area contributed by atoms with Gasteiger partial charge in [-0.3, -0.25) is 0 Å². The third-order valence-corrected chi connectivity index (χ3v) is 4.84. The van der Waals surface area contributed by atoms with Crippen molar-refractivity contribution in [3.63, 3.8) is 0 Å². The van der Waals surface area contributed by atoms with E-state index in [0.29, 0.717) is 6.54 Å². The minimum Gasteiger partial charge on any atom is -0.325 e. The third kappa shape index (κ3) is 2.66. The summed E-state index contributed by atoms with van der Waals surface area (Å²) in [6.45, 7) is 0.497. The van der Waals surface area contributed by atoms with Crippen LogP contribution < -0.4 is 5.73 Å². The van der Waals surface area contributed by atoms with Gasteiger partial charge in [0, 0.05) is 6.54 Å². The SMILES string of the molecule is NCc1cc2cc(C3CC3)cc(C(I)(I)I)n2n1. The molecule has 0 aliphatic heterocycles. The average molecular weight is 579 g/mol. The van der Waals surface area contributed by atoms with Crippen LogP contribution in [0.1, 0.15) is 35.7 Å². The molecular formula is C12H12I3N3. The van der Waals surface area contributed by atoms with Crippen molar-refractivity contribution in [1.82, 2.24) is 9.61 Å². The van der Waals surface area contributed by atoms with Crippen LogP contribution in [0.15, 0.2) is 18.2 Å². The summed E-state index contributed by atoms with van der Waals surface area (Å²) in [6, 6.07) is 6.68. The molecule has 0 saturated heterocycles. The summed E-state index contributed by atoms with van der Waals surface area (Å²) in [4.78, 5) is 0. The van der Waals surface area contributed by atoms with Crippen molar-refractivity contribution in [2.24, 2.45) is 5.73 Å². The van der Waals surface area contributed by atoms with Gasteiger partial charge < -0.3 is 5.73 Å². The maximum atomic E-state index is 5.70. The Balaban J connectivity index is 2.25. The standard InChI is InChI=1S/C12H12I3N3/c13-12(14,15)11-4-8(7-1-2-7)3-10-5-9(6-16)17-18(10)11/h3-5,7H,1-2,6,16H2. The highest BCUT2D eigenvalue weighted by atomic mass is 127. The molecule has 0 aromatic carbocycles. The van der Waals surface area contributed by atoms with E-state index in [9.17, 15) is 0 Å². The van der Waals surface area contributed by atoms with Gasteiger partial charge in [0.15, 0.2) is -0.565 Å². The predicted molar refractivity (Wildman–Crippen MR) is 98.8 cm³/mol. The molecule has 0 spiro atoms. The van der Waals surface area contributed by atoms with Crippen molar-refractivity contribution in [2.45, 2.75) is 24.7 Å². The summed E-state index contributed by atoms with van der Waals surface area (Å²) in [6.07, 6.45) is 2.65. The van der Waals surface area contributed by atoms with Crippen LogP contribution in [0.2, 0.25) is 0 Å². The van der Waals surface area contributed by atoms with Crippen LogP contribution in [-0.2, 0) is 5.98 Å². The quantitative estimate of drug-likeness (QED) is 0.441. The van der Waals surface area contributed by atoms with Crippen molar-refractivity contribution < 1.29 is 0 Å². The van der Waals surface area contributed by atoms with Crippen molar-refractivity contribution in [1.29, 1.82) is 0 Å². The zero-order chi connectivity index (χ0) is 12.9. The Morgan fingerprint density at radius 1 is 1.28 bits per heavy atom. The Kier molecular flexibility index (Phi) is 3.83. The maximum Gasteiger partial charge on any atom is 0.165 e. The summed E-state index contributed by atoms with van der Waals surface area (Å²) < 4.78 is 2.05. The topological polar surface area (TPSA) is 43.3 Å². The molecule has 2 aromatic rings. The Hall–Kier alpha value is 0.840. The van der Waals surface area contributed by atoms with E-state index in [1.54, 1.807) is 0 Å². The van der Waals surface area contributed by atoms with Crippen LogP contribution in [0.25, 0.3) is 5.52 Å². The molecule has 1 aliphatic carbocycles. The average Bonchev–Trinajstić information content (AvgIpc) is 3.06. The Labute approximate surface area is 147 Å². The summed E-state index contributed by atoms with van der Waals surface area (Å²) in [5, 5.41) is 4.60. The molecule has 2 aromatic heterocycles. The van der Waals surface area contributed by atoms with Crippen LogP contribution in [0, 0.1) is 0 Å². The molecule has 3 nitrogen and oxygen atoms in total. The highest BCUT2D eigenvalue weighted by Gasteiger charge is 2.29. The third-order valence-electron chi connectivity index (χ3n) is 3.18. The van der Waals surface area contributed by atoms with E-state index in [1.807, 2.05) is 4.52 Å². The highest BCUT2D eigenvalue weighted by molar-refractivity contribution is 14.3. The Morgan fingerprint density at radius 3 is 2.56 bits per heavy atom. The lowest BCUT2D eigenvalue weighted by Gasteiger charge is -2.16. The number of halogens is 3. The molecule has 96 valence electrons. The summed E-state index contributed by atoms with van der Waals surface area (Å²) in [5.74, 6) is 0.761. The van der Waals surface area contributed by atoms with Gasteiger partial charge in [-0.2, -0.15) is 5.10 Å². The molecule has 2 N–H and O–H groups in total. The number of hydrogen-bond donors (Lipinski definition) is 1. The van der Waals surface area contributed by atoms with E-state index in [4.69, 9.17) is 5.73 Å². The zero-order valence-electron chi connectivity index (χ0n) is 9.54. The van der Waals surface area contributed by atoms with E-state index in [-0.39, 0.29) is -0.565 Å². The van der Waals surface area contributed by atoms with Crippen molar-refractivity contribution in [2.75, 3.05) is 0 Å². The number of pyridine rings is 1. The lowest BCUT2D eigenvalue weighted by Crippen LogP contribution is -2.08. The number of fused-ring (bicyclic) bond motifs is 1. The molecule has 1 aliphatic rings. The first-order valence-electron chi connectivity index (χ1n) is 5.79. The minimum atomic E-state index is 0.00825. The van der Waals surface area contributed by atoms with E-state index in [2.05, 4.69) is 91.1 Å². The maximum absolute atomic E-state index is 5.70. The second-order valence-electron chi connectivity index (χ2n) is 4.62. The van der Waals surface area contributed by atoms with Gasteiger partial charge in [0.2, 0.25) is 0 Å². The van der Waals surface area contributed by atoms with Crippen molar-refractivity contribution in [3.05, 3.63) is 35.2 Å².